The predicted octanol–water partition coefficient (Wildman–Crippen LogP) is 2.44. The summed E-state index contributed by atoms with van der Waals surface area (Å²) in [6.07, 6.45) is 4.49. The minimum absolute atomic E-state index is 0.819. The van der Waals surface area contributed by atoms with Crippen LogP contribution in [0.15, 0.2) is 0 Å². The van der Waals surface area contributed by atoms with Gasteiger partial charge in [-0.25, -0.2) is 0 Å². The van der Waals surface area contributed by atoms with Crippen LogP contribution in [0.1, 0.15) is 33.1 Å². The smallest absolute Gasteiger partial charge is 0.0266 e. The van der Waals surface area contributed by atoms with Crippen LogP contribution in [0.2, 0.25) is 0 Å². The molecule has 0 aromatic heterocycles. The Morgan fingerprint density at radius 2 is 1.88 bits per heavy atom. The first-order chi connectivity index (χ1) is 3.79. The van der Waals surface area contributed by atoms with Crippen molar-refractivity contribution in [3.8, 4) is 0 Å². The van der Waals surface area contributed by atoms with Crippen molar-refractivity contribution in [2.75, 3.05) is 0 Å². The summed E-state index contributed by atoms with van der Waals surface area (Å²) in [7, 11) is 0. The fraction of sp³-hybridized carbons (Fsp3) is 1.00. The maximum absolute atomic E-state index is 2.45. The summed E-state index contributed by atoms with van der Waals surface area (Å²) >= 11 is 0. The molecule has 0 bridgehead atoms. The molecule has 0 radical (unpaired) electrons. The van der Waals surface area contributed by atoms with Crippen LogP contribution in [0.5, 0.6) is 0 Å². The Labute approximate surface area is 51.3 Å². The fourth-order valence-electron chi connectivity index (χ4n) is 2.45. The number of hydrogen-bond donors (Lipinski definition) is 0. The first-order valence-electron chi connectivity index (χ1n) is 3.79. The molecule has 0 saturated heterocycles. The van der Waals surface area contributed by atoms with Crippen molar-refractivity contribution in [2.24, 2.45) is 17.3 Å². The van der Waals surface area contributed by atoms with Crippen LogP contribution in [-0.4, -0.2) is 0 Å². The molecule has 2 unspecified atom stereocenters. The zero-order chi connectivity index (χ0) is 5.78. The van der Waals surface area contributed by atoms with E-state index in [1.165, 1.54) is 19.3 Å². The summed E-state index contributed by atoms with van der Waals surface area (Å²) < 4.78 is 0. The molecule has 2 atom stereocenters. The van der Waals surface area contributed by atoms with Gasteiger partial charge in [0, 0.05) is 0 Å². The van der Waals surface area contributed by atoms with E-state index in [-0.39, 0.29) is 0 Å². The van der Waals surface area contributed by atoms with Crippen LogP contribution in [0.4, 0.5) is 0 Å². The highest BCUT2D eigenvalue weighted by molar-refractivity contribution is 5.13. The van der Waals surface area contributed by atoms with E-state index in [0.29, 0.717) is 0 Å². The second-order valence-corrected chi connectivity index (χ2v) is 3.65. The second-order valence-electron chi connectivity index (χ2n) is 3.65. The Balaban J connectivity index is 2.09. The highest BCUT2D eigenvalue weighted by Crippen LogP contribution is 2.71. The summed E-state index contributed by atoms with van der Waals surface area (Å²) in [6, 6.07) is 0. The normalized spacial score (nSPS) is 59.2. The standard InChI is InChI=1S/C8H14/c1-3-8(2)6-4-5-7(6)8/h6-7H,3-5H2,1-2H3. The van der Waals surface area contributed by atoms with Gasteiger partial charge in [-0.05, 0) is 30.1 Å². The molecule has 8 heavy (non-hydrogen) atoms. The molecule has 2 fully saturated rings. The molecule has 2 saturated carbocycles. The monoisotopic (exact) mass is 110 g/mol. The van der Waals surface area contributed by atoms with E-state index in [2.05, 4.69) is 13.8 Å². The van der Waals surface area contributed by atoms with Gasteiger partial charge in [0.1, 0.15) is 0 Å². The Morgan fingerprint density at radius 3 is 2.00 bits per heavy atom. The molecule has 0 N–H and O–H groups in total. The molecular weight excluding hydrogens is 96.1 g/mol. The number of hydrogen-bond acceptors (Lipinski definition) is 0. The van der Waals surface area contributed by atoms with E-state index in [1.54, 1.807) is 0 Å². The Kier molecular flexibility index (Phi) is 0.678. The second kappa shape index (κ2) is 1.12. The van der Waals surface area contributed by atoms with Crippen LogP contribution in [0, 0.1) is 17.3 Å². The van der Waals surface area contributed by atoms with Gasteiger partial charge in [-0.2, -0.15) is 0 Å². The number of fused-ring (bicyclic) bond motifs is 1. The van der Waals surface area contributed by atoms with Gasteiger partial charge in [0.25, 0.3) is 0 Å². The van der Waals surface area contributed by atoms with E-state index in [0.717, 1.165) is 17.3 Å². The summed E-state index contributed by atoms with van der Waals surface area (Å²) in [5.41, 5.74) is 0.819. The van der Waals surface area contributed by atoms with E-state index in [9.17, 15) is 0 Å². The van der Waals surface area contributed by atoms with E-state index < -0.39 is 0 Å². The van der Waals surface area contributed by atoms with Gasteiger partial charge in [-0.15, -0.1) is 0 Å². The SMILES string of the molecule is CCC1(C)C2CCC21. The van der Waals surface area contributed by atoms with Gasteiger partial charge in [-0.3, -0.25) is 0 Å². The number of rotatable bonds is 1. The molecule has 0 aliphatic heterocycles. The fourth-order valence-corrected chi connectivity index (χ4v) is 2.45. The first-order valence-corrected chi connectivity index (χ1v) is 3.79. The van der Waals surface area contributed by atoms with Crippen LogP contribution in [0.3, 0.4) is 0 Å². The van der Waals surface area contributed by atoms with Crippen molar-refractivity contribution in [2.45, 2.75) is 33.1 Å². The summed E-state index contributed by atoms with van der Waals surface area (Å²) in [5, 5.41) is 0. The molecule has 2 rings (SSSR count). The lowest BCUT2D eigenvalue weighted by molar-refractivity contribution is 0.468. The molecule has 0 amide bonds. The Morgan fingerprint density at radius 1 is 1.38 bits per heavy atom. The molecular formula is C8H14. The Bertz CT molecular complexity index is 105. The highest BCUT2D eigenvalue weighted by atomic mass is 14.7. The van der Waals surface area contributed by atoms with Gasteiger partial charge in [0.05, 0.1) is 0 Å². The van der Waals surface area contributed by atoms with E-state index >= 15 is 0 Å². The Hall–Kier alpha value is 0. The lowest BCUT2D eigenvalue weighted by Gasteiger charge is -2.04. The van der Waals surface area contributed by atoms with Gasteiger partial charge in [0.15, 0.2) is 0 Å². The maximum Gasteiger partial charge on any atom is -0.0266 e. The molecule has 0 aromatic carbocycles. The molecule has 0 heterocycles. The molecule has 46 valence electrons. The van der Waals surface area contributed by atoms with E-state index in [1.807, 2.05) is 0 Å². The molecule has 0 nitrogen and oxygen atoms in total. The van der Waals surface area contributed by atoms with Crippen molar-refractivity contribution in [3.05, 3.63) is 0 Å². The van der Waals surface area contributed by atoms with Crippen LogP contribution < -0.4 is 0 Å². The third-order valence-electron chi connectivity index (χ3n) is 3.62. The van der Waals surface area contributed by atoms with Gasteiger partial charge >= 0.3 is 0 Å². The topological polar surface area (TPSA) is 0 Å². The van der Waals surface area contributed by atoms with Crippen molar-refractivity contribution in [3.63, 3.8) is 0 Å². The van der Waals surface area contributed by atoms with Crippen molar-refractivity contribution < 1.29 is 0 Å². The molecule has 2 aliphatic carbocycles. The average molecular weight is 110 g/mol. The van der Waals surface area contributed by atoms with Crippen molar-refractivity contribution in [1.82, 2.24) is 0 Å². The average Bonchev–Trinajstić information content (AvgIpc) is 2.01. The maximum atomic E-state index is 2.45. The summed E-state index contributed by atoms with van der Waals surface area (Å²) in [5.74, 6) is 2.32. The molecule has 0 heteroatoms. The lowest BCUT2D eigenvalue weighted by Crippen LogP contribution is -1.93. The van der Waals surface area contributed by atoms with Crippen LogP contribution >= 0.6 is 0 Å². The summed E-state index contributed by atoms with van der Waals surface area (Å²) in [6.45, 7) is 4.79. The minimum atomic E-state index is 0.819. The summed E-state index contributed by atoms with van der Waals surface area (Å²) in [4.78, 5) is 0. The third kappa shape index (κ3) is 0.310. The zero-order valence-corrected chi connectivity index (χ0v) is 5.78. The molecule has 0 spiro atoms. The van der Waals surface area contributed by atoms with Gasteiger partial charge in [-0.1, -0.05) is 20.3 Å². The highest BCUT2D eigenvalue weighted by Gasteiger charge is 2.64. The van der Waals surface area contributed by atoms with Crippen LogP contribution in [-0.2, 0) is 0 Å². The zero-order valence-electron chi connectivity index (χ0n) is 5.78. The predicted molar refractivity (Wildman–Crippen MR) is 34.6 cm³/mol. The first kappa shape index (κ1) is 4.84. The largest absolute Gasteiger partial charge is 0.0648 e. The van der Waals surface area contributed by atoms with Crippen molar-refractivity contribution in [1.29, 1.82) is 0 Å². The minimum Gasteiger partial charge on any atom is -0.0648 e. The quantitative estimate of drug-likeness (QED) is 0.486. The third-order valence-corrected chi connectivity index (χ3v) is 3.62. The van der Waals surface area contributed by atoms with Crippen LogP contribution in [0.25, 0.3) is 0 Å². The van der Waals surface area contributed by atoms with E-state index in [4.69, 9.17) is 0 Å². The molecule has 0 aromatic rings. The van der Waals surface area contributed by atoms with Gasteiger partial charge in [0.2, 0.25) is 0 Å². The lowest BCUT2D eigenvalue weighted by atomic mass is 10.0. The van der Waals surface area contributed by atoms with Gasteiger partial charge < -0.3 is 0 Å². The molecule has 2 aliphatic rings. The van der Waals surface area contributed by atoms with Crippen molar-refractivity contribution >= 4 is 0 Å².